The second-order valence-corrected chi connectivity index (χ2v) is 10.4. The Kier molecular flexibility index (Phi) is 28.5. The van der Waals surface area contributed by atoms with E-state index in [0.717, 1.165) is 0 Å². The van der Waals surface area contributed by atoms with Gasteiger partial charge in [0.1, 0.15) is 0 Å². The van der Waals surface area contributed by atoms with Gasteiger partial charge >= 0.3 is 0 Å². The Morgan fingerprint density at radius 2 is 0.844 bits per heavy atom. The van der Waals surface area contributed by atoms with Crippen LogP contribution in [0.25, 0.3) is 0 Å². The van der Waals surface area contributed by atoms with Gasteiger partial charge in [-0.15, -0.1) is 0 Å². The lowest BCUT2D eigenvalue weighted by molar-refractivity contribution is 0.465. The van der Waals surface area contributed by atoms with Gasteiger partial charge in [0.2, 0.25) is 0 Å². The van der Waals surface area contributed by atoms with Crippen molar-refractivity contribution >= 4 is 0 Å². The zero-order chi connectivity index (χ0) is 23.4. The highest BCUT2D eigenvalue weighted by atomic mass is 14.9. The zero-order valence-electron chi connectivity index (χ0n) is 22.9. The second kappa shape index (κ2) is 28.7. The van der Waals surface area contributed by atoms with Crippen molar-refractivity contribution in [3.05, 3.63) is 12.2 Å². The van der Waals surface area contributed by atoms with Gasteiger partial charge in [-0.3, -0.25) is 0 Å². The third-order valence-corrected chi connectivity index (χ3v) is 6.92. The monoisotopic (exact) mass is 449 g/mol. The highest BCUT2D eigenvalue weighted by Crippen LogP contribution is 2.12. The van der Waals surface area contributed by atoms with Gasteiger partial charge in [0.05, 0.1) is 0 Å². The minimum absolute atomic E-state index is 0.707. The first-order chi connectivity index (χ1) is 15.8. The van der Waals surface area contributed by atoms with Crippen LogP contribution < -0.4 is 5.32 Å². The van der Waals surface area contributed by atoms with Crippen LogP contribution in [0.3, 0.4) is 0 Å². The van der Waals surface area contributed by atoms with E-state index >= 15 is 0 Å². The molecule has 1 heteroatoms. The molecule has 32 heavy (non-hydrogen) atoms. The Morgan fingerprint density at radius 1 is 0.469 bits per heavy atom. The highest BCUT2D eigenvalue weighted by molar-refractivity contribution is 4.81. The van der Waals surface area contributed by atoms with Crippen LogP contribution in [0.2, 0.25) is 0 Å². The van der Waals surface area contributed by atoms with Crippen molar-refractivity contribution in [1.29, 1.82) is 0 Å². The smallest absolute Gasteiger partial charge is 0.00387 e. The number of unbranched alkanes of at least 4 members (excludes halogenated alkanes) is 20. The van der Waals surface area contributed by atoms with E-state index in [1.54, 1.807) is 0 Å². The quantitative estimate of drug-likeness (QED) is 0.0970. The molecule has 0 fully saturated rings. The molecule has 0 aliphatic heterocycles. The van der Waals surface area contributed by atoms with Gasteiger partial charge in [-0.1, -0.05) is 142 Å². The van der Waals surface area contributed by atoms with Gasteiger partial charge in [0.25, 0.3) is 0 Å². The Bertz CT molecular complexity index is 348. The molecule has 0 aromatic carbocycles. The largest absolute Gasteiger partial charge is 0.314 e. The molecule has 0 aliphatic rings. The highest BCUT2D eigenvalue weighted by Gasteiger charge is 2.01. The first-order valence-corrected chi connectivity index (χ1v) is 15.2. The van der Waals surface area contributed by atoms with E-state index in [-0.39, 0.29) is 0 Å². The molecule has 1 atom stereocenters. The summed E-state index contributed by atoms with van der Waals surface area (Å²) in [5.74, 6) is 0. The number of hydrogen-bond acceptors (Lipinski definition) is 1. The molecule has 0 aliphatic carbocycles. The van der Waals surface area contributed by atoms with Gasteiger partial charge < -0.3 is 5.32 Å². The van der Waals surface area contributed by atoms with Crippen LogP contribution in [0, 0.1) is 0 Å². The minimum Gasteiger partial charge on any atom is -0.314 e. The first kappa shape index (κ1) is 31.7. The fourth-order valence-electron chi connectivity index (χ4n) is 4.58. The molecule has 0 aromatic rings. The number of nitrogens with one attached hydrogen (secondary N) is 1. The molecule has 0 saturated carbocycles. The molecule has 0 amide bonds. The van der Waals surface area contributed by atoms with E-state index in [9.17, 15) is 0 Å². The Hall–Kier alpha value is -0.300. The van der Waals surface area contributed by atoms with Crippen molar-refractivity contribution in [3.8, 4) is 0 Å². The molecule has 1 unspecified atom stereocenters. The third-order valence-electron chi connectivity index (χ3n) is 6.92. The lowest BCUT2D eigenvalue weighted by atomic mass is 10.1. The predicted octanol–water partition coefficient (Wildman–Crippen LogP) is 10.9. The SMILES string of the molecule is CCCCCCCC/C=C\CCCCCCCC(C)NCCCCCCCCCCCC. The summed E-state index contributed by atoms with van der Waals surface area (Å²) in [5.41, 5.74) is 0. The third kappa shape index (κ3) is 27.7. The van der Waals surface area contributed by atoms with Crippen LogP contribution in [0.15, 0.2) is 12.2 Å². The topological polar surface area (TPSA) is 12.0 Å². The summed E-state index contributed by atoms with van der Waals surface area (Å²) in [6.45, 7) is 8.20. The fourth-order valence-corrected chi connectivity index (χ4v) is 4.58. The number of allylic oxidation sites excluding steroid dienone is 2. The molecular weight excluding hydrogens is 386 g/mol. The van der Waals surface area contributed by atoms with Gasteiger partial charge in [-0.05, 0) is 52.0 Å². The lowest BCUT2D eigenvalue weighted by Gasteiger charge is -2.13. The summed E-state index contributed by atoms with van der Waals surface area (Å²) >= 11 is 0. The van der Waals surface area contributed by atoms with Crippen molar-refractivity contribution < 1.29 is 0 Å². The van der Waals surface area contributed by atoms with Gasteiger partial charge in [-0.2, -0.15) is 0 Å². The normalized spacial score (nSPS) is 12.7. The van der Waals surface area contributed by atoms with Crippen molar-refractivity contribution in [2.45, 2.75) is 181 Å². The van der Waals surface area contributed by atoms with Crippen molar-refractivity contribution in [2.24, 2.45) is 0 Å². The summed E-state index contributed by atoms with van der Waals surface area (Å²) in [6, 6.07) is 0.707. The summed E-state index contributed by atoms with van der Waals surface area (Å²) < 4.78 is 0. The van der Waals surface area contributed by atoms with E-state index in [1.807, 2.05) is 0 Å². The zero-order valence-corrected chi connectivity index (χ0v) is 22.9. The summed E-state index contributed by atoms with van der Waals surface area (Å²) in [7, 11) is 0. The van der Waals surface area contributed by atoms with Crippen molar-refractivity contribution in [3.63, 3.8) is 0 Å². The van der Waals surface area contributed by atoms with Crippen molar-refractivity contribution in [1.82, 2.24) is 5.32 Å². The van der Waals surface area contributed by atoms with Gasteiger partial charge in [-0.25, -0.2) is 0 Å². The summed E-state index contributed by atoms with van der Waals surface area (Å²) in [4.78, 5) is 0. The molecule has 0 bridgehead atoms. The minimum atomic E-state index is 0.707. The maximum absolute atomic E-state index is 3.75. The summed E-state index contributed by atoms with van der Waals surface area (Å²) in [5, 5.41) is 3.75. The molecule has 0 heterocycles. The van der Waals surface area contributed by atoms with Crippen LogP contribution in [0.1, 0.15) is 175 Å². The average molecular weight is 450 g/mol. The van der Waals surface area contributed by atoms with Crippen molar-refractivity contribution in [2.75, 3.05) is 6.54 Å². The molecule has 0 aromatic heterocycles. The van der Waals surface area contributed by atoms with Gasteiger partial charge in [0.15, 0.2) is 0 Å². The summed E-state index contributed by atoms with van der Waals surface area (Å²) in [6.07, 6.45) is 38.7. The molecule has 0 rings (SSSR count). The molecule has 0 spiro atoms. The Labute approximate surface area is 205 Å². The molecule has 0 saturated heterocycles. The van der Waals surface area contributed by atoms with E-state index in [0.29, 0.717) is 6.04 Å². The van der Waals surface area contributed by atoms with E-state index in [1.165, 1.54) is 161 Å². The van der Waals surface area contributed by atoms with Crippen LogP contribution in [0.4, 0.5) is 0 Å². The lowest BCUT2D eigenvalue weighted by Crippen LogP contribution is -2.26. The molecule has 1 N–H and O–H groups in total. The first-order valence-electron chi connectivity index (χ1n) is 15.2. The number of hydrogen-bond donors (Lipinski definition) is 1. The Morgan fingerprint density at radius 3 is 1.31 bits per heavy atom. The number of rotatable bonds is 27. The van der Waals surface area contributed by atoms with E-state index in [2.05, 4.69) is 38.2 Å². The van der Waals surface area contributed by atoms with E-state index in [4.69, 9.17) is 0 Å². The Balaban J connectivity index is 3.19. The molecule has 1 nitrogen and oxygen atoms in total. The molecule has 0 radical (unpaired) electrons. The van der Waals surface area contributed by atoms with E-state index < -0.39 is 0 Å². The molecule has 192 valence electrons. The van der Waals surface area contributed by atoms with Crippen LogP contribution in [-0.4, -0.2) is 12.6 Å². The maximum Gasteiger partial charge on any atom is 0.00387 e. The maximum atomic E-state index is 3.75. The van der Waals surface area contributed by atoms with Gasteiger partial charge in [0, 0.05) is 6.04 Å². The predicted molar refractivity (Wildman–Crippen MR) is 149 cm³/mol. The second-order valence-electron chi connectivity index (χ2n) is 10.4. The average Bonchev–Trinajstić information content (AvgIpc) is 2.80. The molecular formula is C31H63N. The fraction of sp³-hybridized carbons (Fsp3) is 0.935. The van der Waals surface area contributed by atoms with Crippen LogP contribution in [-0.2, 0) is 0 Å². The van der Waals surface area contributed by atoms with Crippen LogP contribution in [0.5, 0.6) is 0 Å². The standard InChI is InChI=1S/C31H63N/c1-4-6-8-10-12-14-16-17-18-19-20-21-23-25-27-29-31(3)32-30-28-26-24-22-15-13-11-9-7-5-2/h17-18,31-32H,4-16,19-30H2,1-3H3/b18-17-. The van der Waals surface area contributed by atoms with Crippen LogP contribution >= 0.6 is 0 Å².